The molecule has 0 atom stereocenters. The van der Waals surface area contributed by atoms with Gasteiger partial charge in [-0.3, -0.25) is 4.79 Å². The number of thioether (sulfide) groups is 1. The van der Waals surface area contributed by atoms with Gasteiger partial charge in [-0.1, -0.05) is 29.8 Å². The molecule has 1 aliphatic rings. The minimum atomic E-state index is 0.0624. The molecule has 0 unspecified atom stereocenters. The van der Waals surface area contributed by atoms with Crippen LogP contribution in [0, 0.1) is 6.92 Å². The lowest BCUT2D eigenvalue weighted by molar-refractivity contribution is -0.121. The minimum absolute atomic E-state index is 0.0624. The van der Waals surface area contributed by atoms with E-state index in [9.17, 15) is 4.79 Å². The zero-order valence-electron chi connectivity index (χ0n) is 16.9. The van der Waals surface area contributed by atoms with E-state index in [1.165, 1.54) is 24.0 Å². The molecule has 6 heteroatoms. The summed E-state index contributed by atoms with van der Waals surface area (Å²) in [6, 6.07) is 12.7. The molecule has 1 amide bonds. The summed E-state index contributed by atoms with van der Waals surface area (Å²) in [5.41, 5.74) is 3.62. The predicted molar refractivity (Wildman–Crippen MR) is 119 cm³/mol. The van der Waals surface area contributed by atoms with Crippen molar-refractivity contribution >= 4 is 28.6 Å². The fourth-order valence-corrected chi connectivity index (χ4v) is 4.71. The summed E-state index contributed by atoms with van der Waals surface area (Å²) >= 11 is 1.74. The number of hydrogen-bond acceptors (Lipinski definition) is 4. The number of likely N-dealkylation sites (tertiary alicyclic amines) is 1. The van der Waals surface area contributed by atoms with Crippen molar-refractivity contribution in [2.45, 2.75) is 37.1 Å². The van der Waals surface area contributed by atoms with Gasteiger partial charge in [0.15, 0.2) is 0 Å². The maximum Gasteiger partial charge on any atom is 0.239 e. The molecule has 5 nitrogen and oxygen atoms in total. The predicted octanol–water partition coefficient (Wildman–Crippen LogP) is 3.85. The first-order valence-electron chi connectivity index (χ1n) is 10.3. The van der Waals surface area contributed by atoms with Crippen molar-refractivity contribution in [1.82, 2.24) is 19.8 Å². The summed E-state index contributed by atoms with van der Waals surface area (Å²) in [5.74, 6) is 0.946. The second-order valence-corrected chi connectivity index (χ2v) is 8.63. The number of benzene rings is 1. The Labute approximate surface area is 176 Å². The van der Waals surface area contributed by atoms with Crippen LogP contribution in [0.5, 0.6) is 0 Å². The van der Waals surface area contributed by atoms with Crippen molar-refractivity contribution in [2.24, 2.45) is 0 Å². The van der Waals surface area contributed by atoms with Gasteiger partial charge in [0.2, 0.25) is 5.91 Å². The third-order valence-electron chi connectivity index (χ3n) is 5.42. The van der Waals surface area contributed by atoms with Crippen LogP contribution < -0.4 is 5.32 Å². The Morgan fingerprint density at radius 3 is 2.72 bits per heavy atom. The molecular weight excluding hydrogens is 380 g/mol. The number of pyridine rings is 1. The highest BCUT2D eigenvalue weighted by molar-refractivity contribution is 7.98. The van der Waals surface area contributed by atoms with Gasteiger partial charge in [0.05, 0.1) is 5.52 Å². The van der Waals surface area contributed by atoms with E-state index in [2.05, 4.69) is 52.5 Å². The second kappa shape index (κ2) is 9.46. The number of aryl methyl sites for hydroxylation is 1. The molecule has 4 rings (SSSR count). The van der Waals surface area contributed by atoms with E-state index < -0.39 is 0 Å². The third kappa shape index (κ3) is 5.19. The Morgan fingerprint density at radius 1 is 1.14 bits per heavy atom. The highest BCUT2D eigenvalue weighted by Gasteiger charge is 2.13. The molecule has 0 aliphatic carbocycles. The van der Waals surface area contributed by atoms with E-state index in [1.54, 1.807) is 11.8 Å². The number of nitrogens with one attached hydrogen (secondary N) is 1. The number of rotatable bonds is 8. The standard InChI is InChI=1S/C23H28N4OS/c1-18-4-6-19(7-5-18)17-29-23-20-9-14-27(21(20)8-10-25-23)16-22(28)24-11-15-26-12-2-3-13-26/h4-10,14H,2-3,11-13,15-17H2,1H3,(H,24,28). The van der Waals surface area contributed by atoms with Crippen LogP contribution in [0.25, 0.3) is 10.9 Å². The molecule has 29 heavy (non-hydrogen) atoms. The molecule has 152 valence electrons. The summed E-state index contributed by atoms with van der Waals surface area (Å²) in [5, 5.41) is 5.17. The van der Waals surface area contributed by atoms with Crippen LogP contribution >= 0.6 is 11.8 Å². The molecule has 1 fully saturated rings. The Hall–Kier alpha value is -2.31. The third-order valence-corrected chi connectivity index (χ3v) is 6.50. The maximum absolute atomic E-state index is 12.4. The average molecular weight is 409 g/mol. The number of aromatic nitrogens is 2. The molecule has 3 heterocycles. The van der Waals surface area contributed by atoms with Gasteiger partial charge in [-0.25, -0.2) is 4.98 Å². The number of nitrogens with zero attached hydrogens (tertiary/aromatic N) is 3. The Morgan fingerprint density at radius 2 is 1.93 bits per heavy atom. The SMILES string of the molecule is Cc1ccc(CSc2nccc3c2ccn3CC(=O)NCCN2CCCC2)cc1. The van der Waals surface area contributed by atoms with E-state index in [-0.39, 0.29) is 5.91 Å². The molecule has 0 saturated carbocycles. The monoisotopic (exact) mass is 408 g/mol. The topological polar surface area (TPSA) is 50.2 Å². The van der Waals surface area contributed by atoms with E-state index in [0.717, 1.165) is 47.9 Å². The fourth-order valence-electron chi connectivity index (χ4n) is 3.76. The van der Waals surface area contributed by atoms with Crippen LogP contribution in [-0.4, -0.2) is 46.5 Å². The maximum atomic E-state index is 12.4. The first-order chi connectivity index (χ1) is 14.2. The zero-order chi connectivity index (χ0) is 20.1. The molecule has 1 N–H and O–H groups in total. The second-order valence-electron chi connectivity index (χ2n) is 7.67. The molecule has 0 spiro atoms. The smallest absolute Gasteiger partial charge is 0.239 e. The molecule has 1 aromatic carbocycles. The molecule has 3 aromatic rings. The van der Waals surface area contributed by atoms with Crippen molar-refractivity contribution < 1.29 is 4.79 Å². The van der Waals surface area contributed by atoms with Crippen molar-refractivity contribution in [2.75, 3.05) is 26.2 Å². The number of hydrogen-bond donors (Lipinski definition) is 1. The van der Waals surface area contributed by atoms with Gasteiger partial charge in [-0.15, -0.1) is 11.8 Å². The van der Waals surface area contributed by atoms with E-state index in [1.807, 2.05) is 23.0 Å². The Kier molecular flexibility index (Phi) is 6.52. The van der Waals surface area contributed by atoms with Gasteiger partial charge in [0.25, 0.3) is 0 Å². The average Bonchev–Trinajstić information content (AvgIpc) is 3.38. The van der Waals surface area contributed by atoms with Gasteiger partial charge >= 0.3 is 0 Å². The fraction of sp³-hybridized carbons (Fsp3) is 0.391. The summed E-state index contributed by atoms with van der Waals surface area (Å²) in [6.45, 7) is 6.43. The number of fused-ring (bicyclic) bond motifs is 1. The Bertz CT molecular complexity index is 961. The van der Waals surface area contributed by atoms with E-state index in [0.29, 0.717) is 6.54 Å². The highest BCUT2D eigenvalue weighted by Crippen LogP contribution is 2.29. The lowest BCUT2D eigenvalue weighted by Gasteiger charge is -2.15. The first kappa shape index (κ1) is 20.0. The van der Waals surface area contributed by atoms with Gasteiger partial charge in [-0.2, -0.15) is 0 Å². The first-order valence-corrected chi connectivity index (χ1v) is 11.3. The normalized spacial score (nSPS) is 14.5. The molecule has 1 aliphatic heterocycles. The number of amides is 1. The lowest BCUT2D eigenvalue weighted by Crippen LogP contribution is -2.35. The molecule has 0 radical (unpaired) electrons. The minimum Gasteiger partial charge on any atom is -0.353 e. The van der Waals surface area contributed by atoms with Gasteiger partial charge in [0, 0.05) is 36.6 Å². The molecular formula is C23H28N4OS. The van der Waals surface area contributed by atoms with Crippen LogP contribution in [0.3, 0.4) is 0 Å². The Balaban J connectivity index is 1.36. The van der Waals surface area contributed by atoms with E-state index >= 15 is 0 Å². The van der Waals surface area contributed by atoms with Crippen LogP contribution in [0.4, 0.5) is 0 Å². The van der Waals surface area contributed by atoms with Crippen LogP contribution in [-0.2, 0) is 17.1 Å². The number of carbonyl (C=O) groups is 1. The molecule has 0 bridgehead atoms. The summed E-state index contributed by atoms with van der Waals surface area (Å²) in [7, 11) is 0. The molecule has 2 aromatic heterocycles. The zero-order valence-corrected chi connectivity index (χ0v) is 17.8. The summed E-state index contributed by atoms with van der Waals surface area (Å²) < 4.78 is 2.01. The van der Waals surface area contributed by atoms with Gasteiger partial charge in [-0.05, 0) is 50.6 Å². The largest absolute Gasteiger partial charge is 0.353 e. The van der Waals surface area contributed by atoms with Crippen molar-refractivity contribution in [1.29, 1.82) is 0 Å². The van der Waals surface area contributed by atoms with Crippen molar-refractivity contribution in [3.63, 3.8) is 0 Å². The van der Waals surface area contributed by atoms with Crippen LogP contribution in [0.1, 0.15) is 24.0 Å². The van der Waals surface area contributed by atoms with Gasteiger partial charge in [0.1, 0.15) is 11.6 Å². The van der Waals surface area contributed by atoms with Crippen LogP contribution in [0.15, 0.2) is 53.8 Å². The summed E-state index contributed by atoms with van der Waals surface area (Å²) in [4.78, 5) is 19.4. The van der Waals surface area contributed by atoms with Crippen LogP contribution in [0.2, 0.25) is 0 Å². The molecule has 1 saturated heterocycles. The van der Waals surface area contributed by atoms with Gasteiger partial charge < -0.3 is 14.8 Å². The number of carbonyl (C=O) groups excluding carboxylic acids is 1. The summed E-state index contributed by atoms with van der Waals surface area (Å²) in [6.07, 6.45) is 6.38. The van der Waals surface area contributed by atoms with Crippen molar-refractivity contribution in [3.05, 3.63) is 59.9 Å². The van der Waals surface area contributed by atoms with E-state index in [4.69, 9.17) is 0 Å². The quantitative estimate of drug-likeness (QED) is 0.575. The van der Waals surface area contributed by atoms with Crippen molar-refractivity contribution in [3.8, 4) is 0 Å². The lowest BCUT2D eigenvalue weighted by atomic mass is 10.2. The highest BCUT2D eigenvalue weighted by atomic mass is 32.2.